The summed E-state index contributed by atoms with van der Waals surface area (Å²) in [6.07, 6.45) is 3.34. The van der Waals surface area contributed by atoms with Crippen molar-refractivity contribution in [3.8, 4) is 0 Å². The molecule has 3 rings (SSSR count). The first-order valence-electron chi connectivity index (χ1n) is 8.67. The summed E-state index contributed by atoms with van der Waals surface area (Å²) in [7, 11) is 1.78. The molecule has 28 heavy (non-hydrogen) atoms. The van der Waals surface area contributed by atoms with E-state index in [0.29, 0.717) is 22.6 Å². The van der Waals surface area contributed by atoms with Crippen LogP contribution in [0.1, 0.15) is 17.3 Å². The zero-order chi connectivity index (χ0) is 20.1. The molecule has 0 radical (unpaired) electrons. The Morgan fingerprint density at radius 2 is 1.68 bits per heavy atom. The molecule has 2 amide bonds. The number of nitrogens with one attached hydrogen (secondary N) is 1. The van der Waals surface area contributed by atoms with Crippen molar-refractivity contribution in [3.05, 3.63) is 78.6 Å². The number of anilines is 4. The van der Waals surface area contributed by atoms with Crippen LogP contribution in [0.15, 0.2) is 73.1 Å². The topological polar surface area (TPSA) is 91.6 Å². The maximum absolute atomic E-state index is 12.5. The minimum Gasteiger partial charge on any atom is -0.397 e. The average molecular weight is 375 g/mol. The third kappa shape index (κ3) is 4.09. The number of carbonyl (C=O) groups is 2. The van der Waals surface area contributed by atoms with Crippen molar-refractivity contribution in [1.29, 1.82) is 0 Å². The number of hydrogen-bond donors (Lipinski definition) is 2. The Kier molecular flexibility index (Phi) is 5.55. The summed E-state index contributed by atoms with van der Waals surface area (Å²) in [5, 5.41) is 5.99. The Labute approximate surface area is 163 Å². The number of pyridine rings is 1. The molecular weight excluding hydrogens is 354 g/mol. The number of nitrogens with two attached hydrogens (primary N) is 1. The van der Waals surface area contributed by atoms with Crippen LogP contribution < -0.4 is 21.1 Å². The van der Waals surface area contributed by atoms with Crippen molar-refractivity contribution in [2.24, 2.45) is 0 Å². The quantitative estimate of drug-likeness (QED) is 0.527. The molecule has 7 heteroatoms. The monoisotopic (exact) mass is 375 g/mol. The smallest absolute Gasteiger partial charge is 0.255 e. The fourth-order valence-corrected chi connectivity index (χ4v) is 2.79. The molecule has 0 spiro atoms. The SMILES string of the molecule is CC(=O)N(c1ccc(C(=O)Nc2ccccc2N)cc1)N(C)c1cccnc1. The van der Waals surface area contributed by atoms with Gasteiger partial charge in [-0.2, -0.15) is 0 Å². The highest BCUT2D eigenvalue weighted by Gasteiger charge is 2.18. The normalized spacial score (nSPS) is 10.2. The first-order chi connectivity index (χ1) is 13.5. The number of nitrogens with zero attached hydrogens (tertiary/aromatic N) is 3. The molecular formula is C21H21N5O2. The van der Waals surface area contributed by atoms with Gasteiger partial charge in [-0.1, -0.05) is 12.1 Å². The molecule has 0 saturated carbocycles. The van der Waals surface area contributed by atoms with Gasteiger partial charge in [-0.15, -0.1) is 0 Å². The fraction of sp³-hybridized carbons (Fsp3) is 0.0952. The molecule has 1 heterocycles. The molecule has 142 valence electrons. The van der Waals surface area contributed by atoms with Crippen LogP contribution >= 0.6 is 0 Å². The van der Waals surface area contributed by atoms with E-state index in [9.17, 15) is 9.59 Å². The summed E-state index contributed by atoms with van der Waals surface area (Å²) in [6.45, 7) is 1.48. The summed E-state index contributed by atoms with van der Waals surface area (Å²) < 4.78 is 0. The molecule has 3 aromatic rings. The lowest BCUT2D eigenvalue weighted by Crippen LogP contribution is -2.43. The summed E-state index contributed by atoms with van der Waals surface area (Å²) >= 11 is 0. The molecule has 0 aliphatic heterocycles. The number of para-hydroxylation sites is 2. The maximum atomic E-state index is 12.5. The third-order valence-electron chi connectivity index (χ3n) is 4.20. The minimum absolute atomic E-state index is 0.166. The number of nitrogen functional groups attached to an aromatic ring is 1. The maximum Gasteiger partial charge on any atom is 0.255 e. The second kappa shape index (κ2) is 8.22. The van der Waals surface area contributed by atoms with Crippen LogP contribution in [0.3, 0.4) is 0 Å². The van der Waals surface area contributed by atoms with Gasteiger partial charge in [0.05, 0.1) is 28.9 Å². The van der Waals surface area contributed by atoms with E-state index in [0.717, 1.165) is 5.69 Å². The van der Waals surface area contributed by atoms with Crippen molar-refractivity contribution < 1.29 is 9.59 Å². The van der Waals surface area contributed by atoms with Crippen LogP contribution in [0.25, 0.3) is 0 Å². The first kappa shape index (κ1) is 18.9. The summed E-state index contributed by atoms with van der Waals surface area (Å²) in [6, 6.07) is 17.5. The molecule has 0 aliphatic rings. The van der Waals surface area contributed by atoms with Crippen molar-refractivity contribution in [2.75, 3.05) is 28.1 Å². The van der Waals surface area contributed by atoms with E-state index in [1.54, 1.807) is 79.0 Å². The molecule has 0 bridgehead atoms. The molecule has 0 saturated heterocycles. The molecule has 0 unspecified atom stereocenters. The number of carbonyl (C=O) groups excluding carboxylic acids is 2. The molecule has 3 N–H and O–H groups in total. The zero-order valence-corrected chi connectivity index (χ0v) is 15.7. The lowest BCUT2D eigenvalue weighted by Gasteiger charge is -2.32. The predicted octanol–water partition coefficient (Wildman–Crippen LogP) is 3.32. The van der Waals surface area contributed by atoms with E-state index in [1.807, 2.05) is 6.07 Å². The number of rotatable bonds is 5. The van der Waals surface area contributed by atoms with Gasteiger partial charge in [-0.3, -0.25) is 19.6 Å². The van der Waals surface area contributed by atoms with Gasteiger partial charge in [0.15, 0.2) is 0 Å². The van der Waals surface area contributed by atoms with Gasteiger partial charge in [0.1, 0.15) is 0 Å². The lowest BCUT2D eigenvalue weighted by molar-refractivity contribution is -0.116. The number of aromatic nitrogens is 1. The van der Waals surface area contributed by atoms with E-state index < -0.39 is 0 Å². The van der Waals surface area contributed by atoms with Gasteiger partial charge in [-0.05, 0) is 48.5 Å². The van der Waals surface area contributed by atoms with E-state index >= 15 is 0 Å². The largest absolute Gasteiger partial charge is 0.397 e. The number of benzene rings is 2. The van der Waals surface area contributed by atoms with Gasteiger partial charge >= 0.3 is 0 Å². The van der Waals surface area contributed by atoms with Crippen molar-refractivity contribution >= 4 is 34.6 Å². The van der Waals surface area contributed by atoms with Crippen LogP contribution in [-0.2, 0) is 4.79 Å². The van der Waals surface area contributed by atoms with Crippen molar-refractivity contribution in [2.45, 2.75) is 6.92 Å². The number of hydrazine groups is 1. The average Bonchev–Trinajstić information content (AvgIpc) is 2.70. The van der Waals surface area contributed by atoms with Gasteiger partial charge in [0.2, 0.25) is 5.91 Å². The van der Waals surface area contributed by atoms with Crippen molar-refractivity contribution in [3.63, 3.8) is 0 Å². The molecule has 0 fully saturated rings. The van der Waals surface area contributed by atoms with E-state index in [4.69, 9.17) is 5.73 Å². The Bertz CT molecular complexity index is 974. The molecule has 1 aromatic heterocycles. The number of amides is 2. The minimum atomic E-state index is -0.278. The van der Waals surface area contributed by atoms with Crippen LogP contribution in [0.2, 0.25) is 0 Å². The fourth-order valence-electron chi connectivity index (χ4n) is 2.79. The highest BCUT2D eigenvalue weighted by Crippen LogP contribution is 2.23. The van der Waals surface area contributed by atoms with E-state index in [-0.39, 0.29) is 11.8 Å². The summed E-state index contributed by atoms with van der Waals surface area (Å²) in [5.74, 6) is -0.444. The van der Waals surface area contributed by atoms with E-state index in [1.165, 1.54) is 11.9 Å². The Morgan fingerprint density at radius 1 is 0.964 bits per heavy atom. The summed E-state index contributed by atoms with van der Waals surface area (Å²) in [4.78, 5) is 28.8. The van der Waals surface area contributed by atoms with Crippen LogP contribution in [0.4, 0.5) is 22.7 Å². The predicted molar refractivity (Wildman–Crippen MR) is 111 cm³/mol. The van der Waals surface area contributed by atoms with Crippen LogP contribution in [-0.4, -0.2) is 23.8 Å². The van der Waals surface area contributed by atoms with Gasteiger partial charge in [0, 0.05) is 25.7 Å². The van der Waals surface area contributed by atoms with Gasteiger partial charge < -0.3 is 11.1 Å². The molecule has 2 aromatic carbocycles. The zero-order valence-electron chi connectivity index (χ0n) is 15.7. The van der Waals surface area contributed by atoms with Crippen LogP contribution in [0.5, 0.6) is 0 Å². The van der Waals surface area contributed by atoms with Gasteiger partial charge in [0.25, 0.3) is 5.91 Å². The Balaban J connectivity index is 1.81. The lowest BCUT2D eigenvalue weighted by atomic mass is 10.1. The summed E-state index contributed by atoms with van der Waals surface area (Å²) in [5.41, 5.74) is 8.77. The Hall–Kier alpha value is -3.87. The molecule has 7 nitrogen and oxygen atoms in total. The third-order valence-corrected chi connectivity index (χ3v) is 4.20. The molecule has 0 atom stereocenters. The Morgan fingerprint density at radius 3 is 2.29 bits per heavy atom. The standard InChI is InChI=1S/C21H21N5O2/c1-15(27)26(25(2)18-6-5-13-23-14-18)17-11-9-16(10-12-17)21(28)24-20-8-4-3-7-19(20)22/h3-14H,22H2,1-2H3,(H,24,28). The highest BCUT2D eigenvalue weighted by molar-refractivity contribution is 6.06. The van der Waals surface area contributed by atoms with Crippen molar-refractivity contribution in [1.82, 2.24) is 4.98 Å². The van der Waals surface area contributed by atoms with Crippen LogP contribution in [0, 0.1) is 0 Å². The second-order valence-corrected chi connectivity index (χ2v) is 6.15. The highest BCUT2D eigenvalue weighted by atomic mass is 16.2. The second-order valence-electron chi connectivity index (χ2n) is 6.15. The van der Waals surface area contributed by atoms with Gasteiger partial charge in [-0.25, -0.2) is 5.01 Å². The number of hydrogen-bond acceptors (Lipinski definition) is 5. The first-order valence-corrected chi connectivity index (χ1v) is 8.67. The van der Waals surface area contributed by atoms with E-state index in [2.05, 4.69) is 10.3 Å². The molecule has 0 aliphatic carbocycles.